The Kier molecular flexibility index (Phi) is 12.4. The Bertz CT molecular complexity index is 440. The third-order valence-electron chi connectivity index (χ3n) is 4.51. The maximum atomic E-state index is 9.63. The first-order chi connectivity index (χ1) is 13.9. The SMILES string of the molecule is CC(C)S[C@@H]1O[C@H](CO)[C@H](O)[C@H](O)[C@H]1O.CC(C)S[C@@H]1O[C@H](CO)[C@H](O)[C@H](O)[C@H]1O. The molecule has 0 aromatic heterocycles. The van der Waals surface area contributed by atoms with Crippen molar-refractivity contribution in [3.8, 4) is 0 Å². The summed E-state index contributed by atoms with van der Waals surface area (Å²) in [5, 5.41) is 75.5. The lowest BCUT2D eigenvalue weighted by Gasteiger charge is -2.40. The highest BCUT2D eigenvalue weighted by Crippen LogP contribution is 2.31. The Balaban J connectivity index is 0.000000300. The summed E-state index contributed by atoms with van der Waals surface area (Å²) in [6.07, 6.45) is -8.95. The molecular formula is C18H36O10S2. The van der Waals surface area contributed by atoms with Crippen molar-refractivity contribution in [3.05, 3.63) is 0 Å². The molecule has 30 heavy (non-hydrogen) atoms. The van der Waals surface area contributed by atoms with Crippen LogP contribution >= 0.6 is 23.5 Å². The van der Waals surface area contributed by atoms with Crippen LogP contribution in [0.15, 0.2) is 0 Å². The van der Waals surface area contributed by atoms with Crippen molar-refractivity contribution in [2.75, 3.05) is 13.2 Å². The Morgan fingerprint density at radius 1 is 0.567 bits per heavy atom. The molecule has 2 rings (SSSR count). The van der Waals surface area contributed by atoms with Crippen LogP contribution < -0.4 is 0 Å². The molecule has 0 saturated carbocycles. The van der Waals surface area contributed by atoms with Gasteiger partial charge in [0.15, 0.2) is 0 Å². The van der Waals surface area contributed by atoms with Gasteiger partial charge in [-0.1, -0.05) is 27.7 Å². The zero-order valence-electron chi connectivity index (χ0n) is 17.6. The molecule has 10 nitrogen and oxygen atoms in total. The van der Waals surface area contributed by atoms with Crippen molar-refractivity contribution in [1.82, 2.24) is 0 Å². The van der Waals surface area contributed by atoms with Crippen LogP contribution in [0, 0.1) is 0 Å². The van der Waals surface area contributed by atoms with Crippen LogP contribution in [0.5, 0.6) is 0 Å². The molecular weight excluding hydrogens is 440 g/mol. The standard InChI is InChI=1S/2C9H18O5S/c2*1-4(2)15-9-8(13)7(12)6(11)5(3-10)14-9/h2*4-13H,3H2,1-2H3/t2*5-,6+,7+,8-,9+/m11/s1. The van der Waals surface area contributed by atoms with E-state index in [2.05, 4.69) is 0 Å². The fourth-order valence-corrected chi connectivity index (χ4v) is 5.03. The highest BCUT2D eigenvalue weighted by Gasteiger charge is 2.44. The van der Waals surface area contributed by atoms with Gasteiger partial charge in [0.2, 0.25) is 0 Å². The maximum absolute atomic E-state index is 9.63. The van der Waals surface area contributed by atoms with Crippen molar-refractivity contribution >= 4 is 23.5 Å². The molecule has 0 amide bonds. The van der Waals surface area contributed by atoms with Gasteiger partial charge in [-0.2, -0.15) is 0 Å². The van der Waals surface area contributed by atoms with Gasteiger partial charge in [0.1, 0.15) is 59.7 Å². The summed E-state index contributed by atoms with van der Waals surface area (Å²) in [7, 11) is 0. The van der Waals surface area contributed by atoms with E-state index >= 15 is 0 Å². The zero-order chi connectivity index (χ0) is 23.2. The molecule has 0 radical (unpaired) electrons. The first-order valence-electron chi connectivity index (χ1n) is 9.86. The van der Waals surface area contributed by atoms with Gasteiger partial charge in [0.25, 0.3) is 0 Å². The smallest absolute Gasteiger partial charge is 0.132 e. The van der Waals surface area contributed by atoms with E-state index in [0.29, 0.717) is 0 Å². The van der Waals surface area contributed by atoms with Gasteiger partial charge in [-0.05, 0) is 0 Å². The predicted molar refractivity (Wildman–Crippen MR) is 113 cm³/mol. The second kappa shape index (κ2) is 13.1. The second-order valence-corrected chi connectivity index (χ2v) is 11.1. The van der Waals surface area contributed by atoms with Crippen LogP contribution in [0.2, 0.25) is 0 Å². The number of thioether (sulfide) groups is 2. The van der Waals surface area contributed by atoms with Gasteiger partial charge < -0.3 is 50.3 Å². The first-order valence-corrected chi connectivity index (χ1v) is 11.7. The minimum atomic E-state index is -1.27. The molecule has 8 N–H and O–H groups in total. The molecule has 2 saturated heterocycles. The summed E-state index contributed by atoms with van der Waals surface area (Å²) < 4.78 is 10.6. The summed E-state index contributed by atoms with van der Waals surface area (Å²) in [6.45, 7) is 7.00. The molecule has 2 aliphatic rings. The molecule has 0 spiro atoms. The lowest BCUT2D eigenvalue weighted by molar-refractivity contribution is -0.205. The van der Waals surface area contributed by atoms with Crippen LogP contribution in [0.25, 0.3) is 0 Å². The number of aliphatic hydroxyl groups excluding tert-OH is 8. The van der Waals surface area contributed by atoms with Gasteiger partial charge in [-0.25, -0.2) is 0 Å². The third kappa shape index (κ3) is 7.71. The Hall–Kier alpha value is 0.300. The normalized spacial score (nSPS) is 42.2. The first kappa shape index (κ1) is 28.3. The third-order valence-corrected chi connectivity index (χ3v) is 6.91. The van der Waals surface area contributed by atoms with E-state index < -0.39 is 59.7 Å². The average molecular weight is 477 g/mol. The fraction of sp³-hybridized carbons (Fsp3) is 1.00. The molecule has 0 aliphatic carbocycles. The van der Waals surface area contributed by atoms with Gasteiger partial charge >= 0.3 is 0 Å². The number of rotatable bonds is 6. The van der Waals surface area contributed by atoms with Crippen LogP contribution in [0.4, 0.5) is 0 Å². The maximum Gasteiger partial charge on any atom is 0.132 e. The summed E-state index contributed by atoms with van der Waals surface area (Å²) >= 11 is 2.71. The highest BCUT2D eigenvalue weighted by molar-refractivity contribution is 8.00. The monoisotopic (exact) mass is 476 g/mol. The number of ether oxygens (including phenoxy) is 2. The van der Waals surface area contributed by atoms with Gasteiger partial charge in [0, 0.05) is 10.5 Å². The zero-order valence-corrected chi connectivity index (χ0v) is 19.2. The molecule has 0 aromatic carbocycles. The Labute approximate surface area is 185 Å². The van der Waals surface area contributed by atoms with Crippen molar-refractivity contribution in [3.63, 3.8) is 0 Å². The molecule has 2 fully saturated rings. The molecule has 12 heteroatoms. The van der Waals surface area contributed by atoms with Crippen molar-refractivity contribution < 1.29 is 50.3 Å². The lowest BCUT2D eigenvalue weighted by atomic mass is 10.0. The van der Waals surface area contributed by atoms with Gasteiger partial charge in [0.05, 0.1) is 13.2 Å². The van der Waals surface area contributed by atoms with E-state index in [4.69, 9.17) is 19.7 Å². The van der Waals surface area contributed by atoms with E-state index in [1.165, 1.54) is 23.5 Å². The lowest BCUT2D eigenvalue weighted by Crippen LogP contribution is -2.57. The van der Waals surface area contributed by atoms with E-state index in [9.17, 15) is 30.6 Å². The molecule has 2 heterocycles. The van der Waals surface area contributed by atoms with Crippen molar-refractivity contribution in [2.24, 2.45) is 0 Å². The van der Waals surface area contributed by atoms with Crippen LogP contribution in [0.1, 0.15) is 27.7 Å². The highest BCUT2D eigenvalue weighted by atomic mass is 32.2. The molecule has 2 aliphatic heterocycles. The quantitative estimate of drug-likeness (QED) is 0.209. The second-order valence-electron chi connectivity index (χ2n) is 7.76. The average Bonchev–Trinajstić information content (AvgIpc) is 2.68. The summed E-state index contributed by atoms with van der Waals surface area (Å²) in [5.41, 5.74) is -1.22. The van der Waals surface area contributed by atoms with Gasteiger partial charge in [-0.15, -0.1) is 23.5 Å². The largest absolute Gasteiger partial charge is 0.394 e. The van der Waals surface area contributed by atoms with Crippen LogP contribution in [-0.4, -0.2) is 124 Å². The minimum absolute atomic E-state index is 0.228. The van der Waals surface area contributed by atoms with E-state index in [0.717, 1.165) is 0 Å². The molecule has 10 atom stereocenters. The summed E-state index contributed by atoms with van der Waals surface area (Å²) in [4.78, 5) is 0. The number of aliphatic hydroxyl groups is 8. The van der Waals surface area contributed by atoms with Crippen molar-refractivity contribution in [1.29, 1.82) is 0 Å². The molecule has 0 aromatic rings. The van der Waals surface area contributed by atoms with Crippen molar-refractivity contribution in [2.45, 2.75) is 97.9 Å². The fourth-order valence-electron chi connectivity index (χ4n) is 2.90. The summed E-state index contributed by atoms with van der Waals surface area (Å²) in [6, 6.07) is 0. The topological polar surface area (TPSA) is 180 Å². The predicted octanol–water partition coefficient (Wildman–Crippen LogP) is -2.14. The van der Waals surface area contributed by atoms with Gasteiger partial charge in [-0.3, -0.25) is 0 Å². The number of hydrogen-bond acceptors (Lipinski definition) is 12. The summed E-state index contributed by atoms with van der Waals surface area (Å²) in [5.74, 6) is 0. The molecule has 0 bridgehead atoms. The van der Waals surface area contributed by atoms with Crippen LogP contribution in [0.3, 0.4) is 0 Å². The Morgan fingerprint density at radius 3 is 1.10 bits per heavy atom. The Morgan fingerprint density at radius 2 is 0.867 bits per heavy atom. The minimum Gasteiger partial charge on any atom is -0.394 e. The van der Waals surface area contributed by atoms with E-state index in [-0.39, 0.29) is 23.7 Å². The molecule has 180 valence electrons. The van der Waals surface area contributed by atoms with E-state index in [1.54, 1.807) is 0 Å². The van der Waals surface area contributed by atoms with E-state index in [1.807, 2.05) is 27.7 Å². The number of hydrogen-bond donors (Lipinski definition) is 8. The molecule has 0 unspecified atom stereocenters. The van der Waals surface area contributed by atoms with Crippen LogP contribution in [-0.2, 0) is 9.47 Å².